The highest BCUT2D eigenvalue weighted by Gasteiger charge is 2.43. The third-order valence-corrected chi connectivity index (χ3v) is 20.6. The van der Waals surface area contributed by atoms with E-state index in [9.17, 15) is 0 Å². The van der Waals surface area contributed by atoms with Crippen LogP contribution >= 0.6 is 0 Å². The molecule has 0 fully saturated rings. The van der Waals surface area contributed by atoms with Crippen LogP contribution in [-0.4, -0.2) is 0 Å². The largest absolute Gasteiger partial charge is 0.0622 e. The van der Waals surface area contributed by atoms with Crippen molar-refractivity contribution in [1.82, 2.24) is 0 Å². The van der Waals surface area contributed by atoms with Gasteiger partial charge in [-0.1, -0.05) is 243 Å². The molecule has 0 N–H and O–H groups in total. The third-order valence-electron chi connectivity index (χ3n) is 20.6. The van der Waals surface area contributed by atoms with E-state index < -0.39 is 0 Å². The van der Waals surface area contributed by atoms with Gasteiger partial charge in [0.1, 0.15) is 0 Å². The lowest BCUT2D eigenvalue weighted by Crippen LogP contribution is -2.16. The number of hydrogen-bond acceptors (Lipinski definition) is 0. The second-order valence-corrected chi connectivity index (χ2v) is 26.3. The van der Waals surface area contributed by atoms with Gasteiger partial charge in [-0.2, -0.15) is 0 Å². The summed E-state index contributed by atoms with van der Waals surface area (Å²) in [6.45, 7) is 19.5. The summed E-state index contributed by atoms with van der Waals surface area (Å²) in [5.74, 6) is 0. The van der Waals surface area contributed by atoms with E-state index in [1.807, 2.05) is 0 Å². The fraction of sp³-hybridized carbons (Fsp3) is 0.146. The molecule has 0 bridgehead atoms. The highest BCUT2D eigenvalue weighted by atomic mass is 14.5. The van der Waals surface area contributed by atoms with Gasteiger partial charge in [0, 0.05) is 21.7 Å². The summed E-state index contributed by atoms with van der Waals surface area (Å²) in [6, 6.07) is 88.7. The lowest BCUT2D eigenvalue weighted by atomic mass is 9.78. The van der Waals surface area contributed by atoms with E-state index >= 15 is 0 Å². The van der Waals surface area contributed by atoms with E-state index in [0.29, 0.717) is 0 Å². The Morgan fingerprint density at radius 3 is 0.780 bits per heavy atom. The highest BCUT2D eigenvalue weighted by molar-refractivity contribution is 6.19. The van der Waals surface area contributed by atoms with Gasteiger partial charge in [0.05, 0.1) is 0 Å². The van der Waals surface area contributed by atoms with Crippen molar-refractivity contribution >= 4 is 43.1 Å². The zero-order chi connectivity index (χ0) is 55.3. The molecule has 17 rings (SSSR count). The number of fused-ring (bicyclic) bond motifs is 20. The van der Waals surface area contributed by atoms with Crippen LogP contribution in [0.2, 0.25) is 0 Å². The van der Waals surface area contributed by atoms with Crippen molar-refractivity contribution in [2.24, 2.45) is 0 Å². The maximum absolute atomic E-state index is 2.57. The summed E-state index contributed by atoms with van der Waals surface area (Å²) >= 11 is 0. The van der Waals surface area contributed by atoms with Crippen molar-refractivity contribution in [2.75, 3.05) is 0 Å². The molecule has 0 heteroatoms. The van der Waals surface area contributed by atoms with Crippen LogP contribution in [0.3, 0.4) is 0 Å². The summed E-state index contributed by atoms with van der Waals surface area (Å²) in [5, 5.41) is 10.5. The second kappa shape index (κ2) is 16.3. The maximum atomic E-state index is 2.57. The fourth-order valence-electron chi connectivity index (χ4n) is 16.4. The molecule has 0 saturated heterocycles. The standard InChI is InChI=1S/C82H62/c1-79(2)67-33-21-20-28-55(67)56-37-34-48(40-68(56)79)64-44-73-77(61-31-18-13-25-52(61)64)78-62-32-19-15-27-54(62)66(46-74(78)82(73,7)8)50-36-39-58-57-38-35-49(41-69(57)80(3,4)70(58)42-50)65-45-72-76(60-30-17-14-26-53(60)65)75-59-29-16-12-24-51(59)63(43-71(75)81(72,5)6)47-22-10-9-11-23-47/h9-46H,1-8H3. The fourth-order valence-corrected chi connectivity index (χ4v) is 16.4. The van der Waals surface area contributed by atoms with Crippen molar-refractivity contribution in [1.29, 1.82) is 0 Å². The molecule has 0 aromatic heterocycles. The van der Waals surface area contributed by atoms with Crippen molar-refractivity contribution in [3.8, 4) is 89.0 Å². The summed E-state index contributed by atoms with van der Waals surface area (Å²) < 4.78 is 0. The Labute approximate surface area is 481 Å². The van der Waals surface area contributed by atoms with Crippen molar-refractivity contribution in [3.05, 3.63) is 275 Å². The molecule has 82 heavy (non-hydrogen) atoms. The van der Waals surface area contributed by atoms with Crippen LogP contribution < -0.4 is 0 Å². The monoisotopic (exact) mass is 1050 g/mol. The van der Waals surface area contributed by atoms with Gasteiger partial charge in [0.25, 0.3) is 0 Å². The molecule has 13 aromatic carbocycles. The van der Waals surface area contributed by atoms with Gasteiger partial charge < -0.3 is 0 Å². The summed E-state index contributed by atoms with van der Waals surface area (Å²) in [7, 11) is 0. The molecule has 4 aliphatic rings. The van der Waals surface area contributed by atoms with E-state index in [1.165, 1.54) is 177 Å². The van der Waals surface area contributed by atoms with Crippen LogP contribution in [0, 0.1) is 0 Å². The Morgan fingerprint density at radius 1 is 0.171 bits per heavy atom. The Hall–Kier alpha value is -9.10. The Kier molecular flexibility index (Phi) is 9.48. The van der Waals surface area contributed by atoms with Crippen molar-refractivity contribution < 1.29 is 0 Å². The molecule has 0 radical (unpaired) electrons. The first-order chi connectivity index (χ1) is 39.7. The Bertz CT molecular complexity index is 5010. The van der Waals surface area contributed by atoms with Gasteiger partial charge in [0.2, 0.25) is 0 Å². The molecule has 0 spiro atoms. The quantitative estimate of drug-likeness (QED) is 0.165. The minimum Gasteiger partial charge on any atom is -0.0622 e. The minimum atomic E-state index is -0.254. The van der Waals surface area contributed by atoms with Crippen LogP contribution in [0.25, 0.3) is 132 Å². The maximum Gasteiger partial charge on any atom is 0.0159 e. The normalized spacial score (nSPS) is 15.7. The summed E-state index contributed by atoms with van der Waals surface area (Å²) in [5.41, 5.74) is 31.6. The first-order valence-corrected chi connectivity index (χ1v) is 29.6. The average Bonchev–Trinajstić information content (AvgIpc) is 1.99. The lowest BCUT2D eigenvalue weighted by Gasteiger charge is -2.25. The first kappa shape index (κ1) is 47.7. The third kappa shape index (κ3) is 6.17. The molecule has 0 amide bonds. The molecular weight excluding hydrogens is 985 g/mol. The number of rotatable bonds is 4. The first-order valence-electron chi connectivity index (χ1n) is 29.6. The summed E-state index contributed by atoms with van der Waals surface area (Å²) in [6.07, 6.45) is 0. The van der Waals surface area contributed by atoms with Gasteiger partial charge >= 0.3 is 0 Å². The second-order valence-electron chi connectivity index (χ2n) is 26.3. The molecule has 13 aromatic rings. The van der Waals surface area contributed by atoms with Crippen LogP contribution in [0.5, 0.6) is 0 Å². The molecule has 4 aliphatic carbocycles. The van der Waals surface area contributed by atoms with Gasteiger partial charge in [-0.25, -0.2) is 0 Å². The zero-order valence-electron chi connectivity index (χ0n) is 47.9. The number of benzene rings is 13. The van der Waals surface area contributed by atoms with Crippen LogP contribution in [-0.2, 0) is 21.7 Å². The van der Waals surface area contributed by atoms with E-state index in [2.05, 4.69) is 286 Å². The van der Waals surface area contributed by atoms with Gasteiger partial charge in [-0.3, -0.25) is 0 Å². The Balaban J connectivity index is 0.777. The molecule has 390 valence electrons. The molecule has 0 aliphatic heterocycles. The SMILES string of the molecule is CC1(C)c2ccccc2-c2ccc(-c3cc4c(c5ccccc35)-c3c(cc(-c5ccc6c(c5)C(C)(C)c5cc(-c7cc8c(c9ccccc79)-c7c(cc(-c9ccccc9)c9ccccc79)C8(C)C)ccc5-6)c5ccccc35)C4(C)C)cc21. The number of hydrogen-bond donors (Lipinski definition) is 0. The van der Waals surface area contributed by atoms with Crippen LogP contribution in [0.1, 0.15) is 99.9 Å². The molecule has 0 heterocycles. The molecular formula is C82H62. The zero-order valence-corrected chi connectivity index (χ0v) is 47.9. The van der Waals surface area contributed by atoms with E-state index in [-0.39, 0.29) is 21.7 Å². The van der Waals surface area contributed by atoms with Gasteiger partial charge in [-0.15, -0.1) is 0 Å². The van der Waals surface area contributed by atoms with E-state index in [0.717, 1.165) is 0 Å². The predicted molar refractivity (Wildman–Crippen MR) is 348 cm³/mol. The summed E-state index contributed by atoms with van der Waals surface area (Å²) in [4.78, 5) is 0. The molecule has 0 nitrogen and oxygen atoms in total. The average molecular weight is 1050 g/mol. The van der Waals surface area contributed by atoms with E-state index in [4.69, 9.17) is 0 Å². The molecule has 0 unspecified atom stereocenters. The van der Waals surface area contributed by atoms with E-state index in [1.54, 1.807) is 0 Å². The molecule has 0 saturated carbocycles. The highest BCUT2D eigenvalue weighted by Crippen LogP contribution is 2.60. The Morgan fingerprint density at radius 2 is 0.427 bits per heavy atom. The van der Waals surface area contributed by atoms with Crippen LogP contribution in [0.4, 0.5) is 0 Å². The molecule has 0 atom stereocenters. The smallest absolute Gasteiger partial charge is 0.0159 e. The predicted octanol–water partition coefficient (Wildman–Crippen LogP) is 22.2. The minimum absolute atomic E-state index is 0.0765. The van der Waals surface area contributed by atoms with Gasteiger partial charge in [0.15, 0.2) is 0 Å². The van der Waals surface area contributed by atoms with Crippen molar-refractivity contribution in [3.63, 3.8) is 0 Å². The lowest BCUT2D eigenvalue weighted by molar-refractivity contribution is 0.659. The van der Waals surface area contributed by atoms with Gasteiger partial charge in [-0.05, 0) is 219 Å². The van der Waals surface area contributed by atoms with Crippen molar-refractivity contribution in [2.45, 2.75) is 77.0 Å². The van der Waals surface area contributed by atoms with Crippen LogP contribution in [0.15, 0.2) is 231 Å². The topological polar surface area (TPSA) is 0 Å².